The van der Waals surface area contributed by atoms with E-state index in [2.05, 4.69) is 10.2 Å². The van der Waals surface area contributed by atoms with E-state index in [1.165, 1.54) is 12.3 Å². The summed E-state index contributed by atoms with van der Waals surface area (Å²) < 4.78 is 18.6. The van der Waals surface area contributed by atoms with E-state index in [1.54, 1.807) is 19.2 Å². The smallest absolute Gasteiger partial charge is 0.131 e. The molecule has 0 spiro atoms. The number of benzene rings is 1. The first kappa shape index (κ1) is 10.6. The van der Waals surface area contributed by atoms with Gasteiger partial charge in [0.15, 0.2) is 0 Å². The average molecular weight is 221 g/mol. The molecule has 0 atom stereocenters. The normalized spacial score (nSPS) is 10.6. The van der Waals surface area contributed by atoms with Gasteiger partial charge in [0, 0.05) is 18.2 Å². The molecule has 0 fully saturated rings. The first-order valence-electron chi connectivity index (χ1n) is 4.79. The Morgan fingerprint density at radius 3 is 2.88 bits per heavy atom. The maximum atomic E-state index is 13.6. The van der Waals surface area contributed by atoms with E-state index in [4.69, 9.17) is 10.5 Å². The van der Waals surface area contributed by atoms with Crippen LogP contribution < -0.4 is 5.73 Å². The van der Waals surface area contributed by atoms with Crippen molar-refractivity contribution in [2.45, 2.75) is 6.61 Å². The van der Waals surface area contributed by atoms with Gasteiger partial charge < -0.3 is 10.5 Å². The molecule has 5 heteroatoms. The van der Waals surface area contributed by atoms with Crippen molar-refractivity contribution in [1.82, 2.24) is 10.2 Å². The summed E-state index contributed by atoms with van der Waals surface area (Å²) in [4.78, 5) is 0. The van der Waals surface area contributed by atoms with Crippen molar-refractivity contribution >= 4 is 5.82 Å². The molecular weight excluding hydrogens is 209 g/mol. The largest absolute Gasteiger partial charge is 0.384 e. The van der Waals surface area contributed by atoms with E-state index < -0.39 is 0 Å². The zero-order valence-electron chi connectivity index (χ0n) is 8.83. The van der Waals surface area contributed by atoms with Gasteiger partial charge in [-0.2, -0.15) is 5.10 Å². The van der Waals surface area contributed by atoms with Crippen LogP contribution in [0.1, 0.15) is 5.56 Å². The van der Waals surface area contributed by atoms with Crippen LogP contribution in [0.5, 0.6) is 0 Å². The first-order chi connectivity index (χ1) is 7.72. The first-order valence-corrected chi connectivity index (χ1v) is 4.79. The Kier molecular flexibility index (Phi) is 2.87. The van der Waals surface area contributed by atoms with Gasteiger partial charge >= 0.3 is 0 Å². The number of nitrogens with two attached hydrogens (primary N) is 1. The van der Waals surface area contributed by atoms with Crippen LogP contribution in [-0.2, 0) is 11.3 Å². The lowest BCUT2D eigenvalue weighted by atomic mass is 10.1. The Labute approximate surface area is 92.2 Å². The van der Waals surface area contributed by atoms with Gasteiger partial charge in [-0.1, -0.05) is 6.07 Å². The van der Waals surface area contributed by atoms with Gasteiger partial charge in [0.2, 0.25) is 0 Å². The number of rotatable bonds is 3. The van der Waals surface area contributed by atoms with Crippen LogP contribution in [-0.4, -0.2) is 17.3 Å². The second-order valence-corrected chi connectivity index (χ2v) is 3.44. The van der Waals surface area contributed by atoms with Gasteiger partial charge in [-0.3, -0.25) is 5.10 Å². The van der Waals surface area contributed by atoms with E-state index in [1.807, 2.05) is 0 Å². The van der Waals surface area contributed by atoms with Crippen LogP contribution in [0, 0.1) is 5.82 Å². The van der Waals surface area contributed by atoms with Crippen LogP contribution >= 0.6 is 0 Å². The molecule has 0 aliphatic heterocycles. The second kappa shape index (κ2) is 4.32. The SMILES string of the molecule is COCc1ccc(F)c(-c2cn[nH]c2N)c1. The van der Waals surface area contributed by atoms with Crippen molar-refractivity contribution in [3.63, 3.8) is 0 Å². The quantitative estimate of drug-likeness (QED) is 0.832. The Bertz CT molecular complexity index is 496. The number of anilines is 1. The number of nitrogens with zero attached hydrogens (tertiary/aromatic N) is 1. The van der Waals surface area contributed by atoms with Crippen molar-refractivity contribution in [3.8, 4) is 11.1 Å². The summed E-state index contributed by atoms with van der Waals surface area (Å²) in [6, 6.07) is 4.79. The summed E-state index contributed by atoms with van der Waals surface area (Å²) in [5.74, 6) is 0.0291. The number of hydrogen-bond acceptors (Lipinski definition) is 3. The minimum absolute atomic E-state index is 0.326. The van der Waals surface area contributed by atoms with Gasteiger partial charge in [-0.05, 0) is 17.7 Å². The van der Waals surface area contributed by atoms with Crippen molar-refractivity contribution < 1.29 is 9.13 Å². The van der Waals surface area contributed by atoms with E-state index in [0.717, 1.165) is 5.56 Å². The lowest BCUT2D eigenvalue weighted by Gasteiger charge is -2.05. The lowest BCUT2D eigenvalue weighted by molar-refractivity contribution is 0.185. The fourth-order valence-electron chi connectivity index (χ4n) is 1.55. The monoisotopic (exact) mass is 221 g/mol. The molecule has 0 aliphatic rings. The molecule has 0 saturated heterocycles. The Morgan fingerprint density at radius 1 is 1.44 bits per heavy atom. The molecule has 16 heavy (non-hydrogen) atoms. The molecule has 4 nitrogen and oxygen atoms in total. The number of aromatic amines is 1. The van der Waals surface area contributed by atoms with Crippen LogP contribution in [0.3, 0.4) is 0 Å². The zero-order valence-corrected chi connectivity index (χ0v) is 8.83. The number of nitrogens with one attached hydrogen (secondary N) is 1. The molecule has 0 radical (unpaired) electrons. The second-order valence-electron chi connectivity index (χ2n) is 3.44. The van der Waals surface area contributed by atoms with E-state index in [0.29, 0.717) is 23.6 Å². The Balaban J connectivity index is 2.47. The molecule has 0 aliphatic carbocycles. The number of nitrogen functional groups attached to an aromatic ring is 1. The number of ether oxygens (including phenoxy) is 1. The Hall–Kier alpha value is -1.88. The van der Waals surface area contributed by atoms with Crippen LogP contribution in [0.4, 0.5) is 10.2 Å². The van der Waals surface area contributed by atoms with Gasteiger partial charge in [-0.15, -0.1) is 0 Å². The molecule has 2 aromatic rings. The molecule has 1 aromatic heterocycles. The fourth-order valence-corrected chi connectivity index (χ4v) is 1.55. The molecule has 0 saturated carbocycles. The van der Waals surface area contributed by atoms with Crippen molar-refractivity contribution in [3.05, 3.63) is 35.8 Å². The topological polar surface area (TPSA) is 63.9 Å². The molecular formula is C11H12FN3O. The molecule has 0 amide bonds. The van der Waals surface area contributed by atoms with Crippen LogP contribution in [0.15, 0.2) is 24.4 Å². The van der Waals surface area contributed by atoms with Crippen molar-refractivity contribution in [2.24, 2.45) is 0 Å². The van der Waals surface area contributed by atoms with E-state index in [-0.39, 0.29) is 5.82 Å². The fraction of sp³-hybridized carbons (Fsp3) is 0.182. The average Bonchev–Trinajstić information content (AvgIpc) is 2.68. The number of hydrogen-bond donors (Lipinski definition) is 2. The van der Waals surface area contributed by atoms with Gasteiger partial charge in [0.05, 0.1) is 12.8 Å². The summed E-state index contributed by atoms with van der Waals surface area (Å²) in [6.45, 7) is 0.436. The third-order valence-electron chi connectivity index (χ3n) is 2.30. The molecule has 0 bridgehead atoms. The summed E-state index contributed by atoms with van der Waals surface area (Å²) >= 11 is 0. The lowest BCUT2D eigenvalue weighted by Crippen LogP contribution is -1.93. The molecule has 2 rings (SSSR count). The number of H-pyrrole nitrogens is 1. The summed E-state index contributed by atoms with van der Waals surface area (Å²) in [6.07, 6.45) is 1.50. The molecule has 1 aromatic carbocycles. The summed E-state index contributed by atoms with van der Waals surface area (Å²) in [5.41, 5.74) is 7.53. The predicted octanol–water partition coefficient (Wildman–Crippen LogP) is 1.94. The highest BCUT2D eigenvalue weighted by Gasteiger charge is 2.10. The molecule has 0 unspecified atom stereocenters. The molecule has 3 N–H and O–H groups in total. The number of aromatic nitrogens is 2. The highest BCUT2D eigenvalue weighted by Crippen LogP contribution is 2.27. The minimum atomic E-state index is -0.326. The Morgan fingerprint density at radius 2 is 2.25 bits per heavy atom. The highest BCUT2D eigenvalue weighted by molar-refractivity contribution is 5.73. The third kappa shape index (κ3) is 1.90. The van der Waals surface area contributed by atoms with E-state index >= 15 is 0 Å². The van der Waals surface area contributed by atoms with Gasteiger partial charge in [-0.25, -0.2) is 4.39 Å². The minimum Gasteiger partial charge on any atom is -0.384 e. The highest BCUT2D eigenvalue weighted by atomic mass is 19.1. The summed E-state index contributed by atoms with van der Waals surface area (Å²) in [7, 11) is 1.59. The van der Waals surface area contributed by atoms with Crippen LogP contribution in [0.25, 0.3) is 11.1 Å². The molecule has 84 valence electrons. The maximum Gasteiger partial charge on any atom is 0.131 e. The van der Waals surface area contributed by atoms with Crippen molar-refractivity contribution in [2.75, 3.05) is 12.8 Å². The van der Waals surface area contributed by atoms with E-state index in [9.17, 15) is 4.39 Å². The number of methoxy groups -OCH3 is 1. The zero-order chi connectivity index (χ0) is 11.5. The maximum absolute atomic E-state index is 13.6. The van der Waals surface area contributed by atoms with Gasteiger partial charge in [0.1, 0.15) is 11.6 Å². The third-order valence-corrected chi connectivity index (χ3v) is 2.30. The predicted molar refractivity (Wildman–Crippen MR) is 59.1 cm³/mol. The van der Waals surface area contributed by atoms with Gasteiger partial charge in [0.25, 0.3) is 0 Å². The summed E-state index contributed by atoms with van der Waals surface area (Å²) in [5, 5.41) is 6.34. The van der Waals surface area contributed by atoms with Crippen molar-refractivity contribution in [1.29, 1.82) is 0 Å². The van der Waals surface area contributed by atoms with Crippen LogP contribution in [0.2, 0.25) is 0 Å². The molecule has 1 heterocycles. The standard InChI is InChI=1S/C11H12FN3O/c1-16-6-7-2-3-10(12)8(4-7)9-5-14-15-11(9)13/h2-5H,6H2,1H3,(H3,13,14,15). The number of halogens is 1.